The molecule has 0 atom stereocenters. The smallest absolute Gasteiger partial charge is 0.251 e. The van der Waals surface area contributed by atoms with E-state index >= 15 is 0 Å². The van der Waals surface area contributed by atoms with Crippen LogP contribution in [0.25, 0.3) is 10.9 Å². The van der Waals surface area contributed by atoms with Gasteiger partial charge in [-0.1, -0.05) is 0 Å². The van der Waals surface area contributed by atoms with Gasteiger partial charge in [0.25, 0.3) is 5.91 Å². The van der Waals surface area contributed by atoms with Gasteiger partial charge < -0.3 is 10.3 Å². The number of aryl methyl sites for hydroxylation is 2. The minimum Gasteiger partial charge on any atom is -0.358 e. The van der Waals surface area contributed by atoms with E-state index in [9.17, 15) is 4.79 Å². The molecule has 2 aromatic rings. The number of aromatic nitrogens is 1. The van der Waals surface area contributed by atoms with Gasteiger partial charge in [-0.2, -0.15) is 0 Å². The number of fused-ring (bicyclic) bond motifs is 1. The van der Waals surface area contributed by atoms with Crippen molar-refractivity contribution in [2.75, 3.05) is 6.54 Å². The number of benzene rings is 1. The fourth-order valence-electron chi connectivity index (χ4n) is 3.68. The van der Waals surface area contributed by atoms with Crippen molar-refractivity contribution in [2.45, 2.75) is 39.5 Å². The van der Waals surface area contributed by atoms with Crippen LogP contribution in [0.15, 0.2) is 18.2 Å². The van der Waals surface area contributed by atoms with Crippen LogP contribution in [0, 0.1) is 31.6 Å². The zero-order valence-corrected chi connectivity index (χ0v) is 13.4. The zero-order valence-electron chi connectivity index (χ0n) is 13.4. The Morgan fingerprint density at radius 1 is 1.23 bits per heavy atom. The molecule has 2 saturated carbocycles. The maximum atomic E-state index is 12.5. The number of amides is 1. The lowest BCUT2D eigenvalue weighted by molar-refractivity contribution is 0.0943. The summed E-state index contributed by atoms with van der Waals surface area (Å²) in [7, 11) is 0. The standard InChI is InChI=1S/C19H24N2O/c1-11-12(2)21-18-8-7-15(9-16(11)18)19(22)20-10-17(13-3-4-13)14-5-6-14/h7-9,13-14,17,21H,3-6,10H2,1-2H3,(H,20,22). The van der Waals surface area contributed by atoms with Crippen molar-refractivity contribution in [1.82, 2.24) is 10.3 Å². The maximum absolute atomic E-state index is 12.5. The highest BCUT2D eigenvalue weighted by Crippen LogP contribution is 2.48. The maximum Gasteiger partial charge on any atom is 0.251 e. The van der Waals surface area contributed by atoms with Crippen LogP contribution in [-0.4, -0.2) is 17.4 Å². The summed E-state index contributed by atoms with van der Waals surface area (Å²) >= 11 is 0. The van der Waals surface area contributed by atoms with Crippen molar-refractivity contribution in [3.05, 3.63) is 35.0 Å². The van der Waals surface area contributed by atoms with Gasteiger partial charge in [0.1, 0.15) is 0 Å². The minimum atomic E-state index is 0.0754. The van der Waals surface area contributed by atoms with Gasteiger partial charge >= 0.3 is 0 Å². The van der Waals surface area contributed by atoms with E-state index in [4.69, 9.17) is 0 Å². The Balaban J connectivity index is 1.48. The van der Waals surface area contributed by atoms with Gasteiger partial charge in [0.05, 0.1) is 0 Å². The summed E-state index contributed by atoms with van der Waals surface area (Å²) < 4.78 is 0. The Hall–Kier alpha value is -1.77. The number of hydrogen-bond acceptors (Lipinski definition) is 1. The molecule has 3 heteroatoms. The number of rotatable bonds is 5. The largest absolute Gasteiger partial charge is 0.358 e. The van der Waals surface area contributed by atoms with Crippen molar-refractivity contribution in [3.8, 4) is 0 Å². The first-order chi connectivity index (χ1) is 10.6. The van der Waals surface area contributed by atoms with E-state index in [-0.39, 0.29) is 5.91 Å². The lowest BCUT2D eigenvalue weighted by Gasteiger charge is -2.16. The Kier molecular flexibility index (Phi) is 3.24. The molecule has 22 heavy (non-hydrogen) atoms. The number of hydrogen-bond donors (Lipinski definition) is 2. The second-order valence-corrected chi connectivity index (χ2v) is 7.18. The Bertz CT molecular complexity index is 710. The first kappa shape index (κ1) is 13.9. The molecule has 0 unspecified atom stereocenters. The first-order valence-corrected chi connectivity index (χ1v) is 8.50. The molecule has 4 rings (SSSR count). The fourth-order valence-corrected chi connectivity index (χ4v) is 3.68. The van der Waals surface area contributed by atoms with Gasteiger partial charge in [-0.15, -0.1) is 0 Å². The van der Waals surface area contributed by atoms with Crippen LogP contribution in [0.1, 0.15) is 47.3 Å². The third-order valence-corrected chi connectivity index (χ3v) is 5.52. The van der Waals surface area contributed by atoms with Crippen LogP contribution in [0.5, 0.6) is 0 Å². The number of H-pyrrole nitrogens is 1. The third kappa shape index (κ3) is 2.53. The van der Waals surface area contributed by atoms with E-state index in [1.165, 1.54) is 36.9 Å². The number of carbonyl (C=O) groups is 1. The van der Waals surface area contributed by atoms with Crippen molar-refractivity contribution < 1.29 is 4.79 Å². The Morgan fingerprint density at radius 3 is 2.55 bits per heavy atom. The molecule has 0 aliphatic heterocycles. The average molecular weight is 296 g/mol. The summed E-state index contributed by atoms with van der Waals surface area (Å²) in [5.41, 5.74) is 4.30. The van der Waals surface area contributed by atoms with E-state index in [0.717, 1.165) is 40.8 Å². The summed E-state index contributed by atoms with van der Waals surface area (Å²) in [4.78, 5) is 15.8. The van der Waals surface area contributed by atoms with Crippen molar-refractivity contribution in [3.63, 3.8) is 0 Å². The van der Waals surface area contributed by atoms with Crippen molar-refractivity contribution in [1.29, 1.82) is 0 Å². The molecule has 1 amide bonds. The van der Waals surface area contributed by atoms with Gasteiger partial charge in [-0.3, -0.25) is 4.79 Å². The fraction of sp³-hybridized carbons (Fsp3) is 0.526. The Labute approximate surface area is 131 Å². The van der Waals surface area contributed by atoms with E-state index < -0.39 is 0 Å². The van der Waals surface area contributed by atoms with Gasteiger partial charge in [-0.25, -0.2) is 0 Å². The topological polar surface area (TPSA) is 44.9 Å². The number of carbonyl (C=O) groups excluding carboxylic acids is 1. The van der Waals surface area contributed by atoms with Crippen LogP contribution >= 0.6 is 0 Å². The zero-order chi connectivity index (χ0) is 15.3. The minimum absolute atomic E-state index is 0.0754. The SMILES string of the molecule is Cc1[nH]c2ccc(C(=O)NCC(C3CC3)C3CC3)cc2c1C. The molecule has 2 fully saturated rings. The van der Waals surface area contributed by atoms with Gasteiger partial charge in [-0.05, 0) is 81.0 Å². The van der Waals surface area contributed by atoms with E-state index in [1.807, 2.05) is 18.2 Å². The first-order valence-electron chi connectivity index (χ1n) is 8.50. The monoisotopic (exact) mass is 296 g/mol. The summed E-state index contributed by atoms with van der Waals surface area (Å²) in [5, 5.41) is 4.34. The molecule has 0 saturated heterocycles. The molecule has 0 radical (unpaired) electrons. The summed E-state index contributed by atoms with van der Waals surface area (Å²) in [6, 6.07) is 5.96. The molecule has 2 aliphatic rings. The molecule has 116 valence electrons. The van der Waals surface area contributed by atoms with Gasteiger partial charge in [0.15, 0.2) is 0 Å². The summed E-state index contributed by atoms with van der Waals surface area (Å²) in [6.45, 7) is 5.04. The quantitative estimate of drug-likeness (QED) is 0.862. The third-order valence-electron chi connectivity index (χ3n) is 5.52. The lowest BCUT2D eigenvalue weighted by atomic mass is 9.98. The lowest BCUT2D eigenvalue weighted by Crippen LogP contribution is -2.31. The molecule has 3 nitrogen and oxygen atoms in total. The average Bonchev–Trinajstić information content (AvgIpc) is 3.41. The summed E-state index contributed by atoms with van der Waals surface area (Å²) in [6.07, 6.45) is 5.46. The molecule has 1 aromatic heterocycles. The molecular weight excluding hydrogens is 272 g/mol. The van der Waals surface area contributed by atoms with Crippen LogP contribution in [0.4, 0.5) is 0 Å². The molecule has 1 heterocycles. The molecule has 2 aliphatic carbocycles. The van der Waals surface area contributed by atoms with Gasteiger partial charge in [0.2, 0.25) is 0 Å². The van der Waals surface area contributed by atoms with Crippen LogP contribution in [0.2, 0.25) is 0 Å². The number of nitrogens with one attached hydrogen (secondary N) is 2. The van der Waals surface area contributed by atoms with Crippen LogP contribution in [-0.2, 0) is 0 Å². The van der Waals surface area contributed by atoms with E-state index in [1.54, 1.807) is 0 Å². The molecule has 0 spiro atoms. The highest BCUT2D eigenvalue weighted by Gasteiger charge is 2.41. The highest BCUT2D eigenvalue weighted by molar-refractivity contribution is 5.99. The van der Waals surface area contributed by atoms with Crippen LogP contribution < -0.4 is 5.32 Å². The van der Waals surface area contributed by atoms with Crippen molar-refractivity contribution in [2.24, 2.45) is 17.8 Å². The predicted molar refractivity (Wildman–Crippen MR) is 89.0 cm³/mol. The highest BCUT2D eigenvalue weighted by atomic mass is 16.1. The number of aromatic amines is 1. The molecule has 2 N–H and O–H groups in total. The summed E-state index contributed by atoms with van der Waals surface area (Å²) in [5.74, 6) is 2.56. The van der Waals surface area contributed by atoms with Crippen LogP contribution in [0.3, 0.4) is 0 Å². The van der Waals surface area contributed by atoms with E-state index in [2.05, 4.69) is 24.1 Å². The van der Waals surface area contributed by atoms with Gasteiger partial charge in [0, 0.05) is 28.7 Å². The predicted octanol–water partition coefficient (Wildman–Crippen LogP) is 3.95. The van der Waals surface area contributed by atoms with E-state index in [0.29, 0.717) is 0 Å². The molecular formula is C19H24N2O. The Morgan fingerprint density at radius 2 is 1.91 bits per heavy atom. The molecule has 0 bridgehead atoms. The van der Waals surface area contributed by atoms with Crippen molar-refractivity contribution >= 4 is 16.8 Å². The second kappa shape index (κ2) is 5.15. The second-order valence-electron chi connectivity index (χ2n) is 7.18. The molecule has 1 aromatic carbocycles. The normalized spacial score (nSPS) is 18.1.